The van der Waals surface area contributed by atoms with Gasteiger partial charge in [0, 0.05) is 29.0 Å². The second kappa shape index (κ2) is 13.4. The zero-order chi connectivity index (χ0) is 33.1. The minimum atomic E-state index is -4.84. The van der Waals surface area contributed by atoms with Crippen LogP contribution in [0.1, 0.15) is 27.3 Å². The maximum absolute atomic E-state index is 12.5. The number of halogens is 5. The van der Waals surface area contributed by atoms with Crippen LogP contribution in [0.3, 0.4) is 0 Å². The summed E-state index contributed by atoms with van der Waals surface area (Å²) in [4.78, 5) is 16.0. The summed E-state index contributed by atoms with van der Waals surface area (Å²) in [6.45, 7) is 0.416. The Bertz CT molecular complexity index is 2010. The third-order valence-electron chi connectivity index (χ3n) is 6.75. The molecule has 46 heavy (non-hydrogen) atoms. The number of aromatic carboxylic acids is 1. The first-order valence-corrected chi connectivity index (χ1v) is 16.0. The van der Waals surface area contributed by atoms with Crippen molar-refractivity contribution >= 4 is 57.0 Å². The van der Waals surface area contributed by atoms with Gasteiger partial charge in [0.05, 0.1) is 16.3 Å². The molecule has 1 heterocycles. The van der Waals surface area contributed by atoms with Crippen LogP contribution in [-0.2, 0) is 16.6 Å². The Kier molecular flexibility index (Phi) is 9.57. The number of carbonyl (C=O) groups is 1. The third-order valence-corrected chi connectivity index (χ3v) is 8.55. The zero-order valence-electron chi connectivity index (χ0n) is 23.7. The number of hydrogen-bond donors (Lipinski definition) is 2. The Morgan fingerprint density at radius 2 is 1.52 bits per heavy atom. The molecule has 2 N–H and O–H groups in total. The summed E-state index contributed by atoms with van der Waals surface area (Å²) in [6.07, 6.45) is 0.733. The summed E-state index contributed by atoms with van der Waals surface area (Å²) in [7, 11) is -4.57. The average Bonchev–Trinajstić information content (AvgIpc) is 3.37. The molecular weight excluding hydrogens is 662 g/mol. The number of nitrogens with one attached hydrogen (secondary N) is 1. The van der Waals surface area contributed by atoms with E-state index in [1.165, 1.54) is 12.1 Å². The van der Waals surface area contributed by atoms with Crippen molar-refractivity contribution in [3.63, 3.8) is 0 Å². The third kappa shape index (κ3) is 8.57. The lowest BCUT2D eigenvalue weighted by molar-refractivity contribution is -0.106. The van der Waals surface area contributed by atoms with E-state index in [1.54, 1.807) is 54.6 Å². The number of rotatable bonds is 10. The number of hydrogen-bond acceptors (Lipinski definition) is 4. The van der Waals surface area contributed by atoms with E-state index in [1.807, 2.05) is 51.9 Å². The van der Waals surface area contributed by atoms with Gasteiger partial charge in [-0.3, -0.25) is 4.72 Å². The van der Waals surface area contributed by atoms with E-state index in [2.05, 4.69) is 0 Å². The van der Waals surface area contributed by atoms with Gasteiger partial charge in [0.2, 0.25) is 10.0 Å². The minimum Gasteiger partial charge on any atom is -0.478 e. The summed E-state index contributed by atoms with van der Waals surface area (Å²) >= 11 is 12.5. The summed E-state index contributed by atoms with van der Waals surface area (Å²) in [6, 6.07) is 25.2. The molecule has 0 aliphatic carbocycles. The van der Waals surface area contributed by atoms with E-state index < -0.39 is 27.9 Å². The zero-order valence-corrected chi connectivity index (χ0v) is 26.0. The Hall–Kier alpha value is -4.58. The summed E-state index contributed by atoms with van der Waals surface area (Å²) in [5.41, 5.74) is 4.82. The van der Waals surface area contributed by atoms with Crippen molar-refractivity contribution in [1.29, 1.82) is 0 Å². The number of benzene rings is 4. The molecule has 5 rings (SSSR count). The number of aromatic nitrogens is 2. The number of imidazole rings is 1. The minimum absolute atomic E-state index is 0.0279. The molecule has 236 valence electrons. The molecule has 1 aromatic heterocycles. The topological polar surface area (TPSA) is 101 Å². The van der Waals surface area contributed by atoms with Crippen molar-refractivity contribution in [3.8, 4) is 22.4 Å². The quantitative estimate of drug-likeness (QED) is 0.153. The number of anilines is 1. The molecule has 0 fully saturated rings. The number of carboxylic acid groups (broad SMARTS) is 1. The Labute approximate surface area is 272 Å². The second-order valence-corrected chi connectivity index (χ2v) is 12.8. The molecule has 0 spiro atoms. The molecule has 0 aliphatic heterocycles. The standard InChI is InChI=1S/C33H24Cl2F3N3O4S/c34-26-12-15-28(29(35)17-26)30-19-41(18-22-3-8-25(9-4-22)32(42)43)31(39-30)16-5-21-1-6-23(7-2-21)24-10-13-27(14-11-24)40-46(44,45)20-33(36,37)38/h1-17,19,40H,18,20H2,(H,42,43)/b16-5+. The molecule has 0 atom stereocenters. The van der Waals surface area contributed by atoms with Crippen molar-refractivity contribution < 1.29 is 31.5 Å². The van der Waals surface area contributed by atoms with Gasteiger partial charge in [0.25, 0.3) is 0 Å². The van der Waals surface area contributed by atoms with Gasteiger partial charge in [-0.25, -0.2) is 18.2 Å². The van der Waals surface area contributed by atoms with Crippen molar-refractivity contribution in [2.45, 2.75) is 12.7 Å². The predicted molar refractivity (Wildman–Crippen MR) is 174 cm³/mol. The fourth-order valence-corrected chi connectivity index (χ4v) is 6.09. The van der Waals surface area contributed by atoms with E-state index in [0.717, 1.165) is 22.3 Å². The van der Waals surface area contributed by atoms with E-state index in [4.69, 9.17) is 28.2 Å². The largest absolute Gasteiger partial charge is 0.478 e. The van der Waals surface area contributed by atoms with Gasteiger partial charge in [0.15, 0.2) is 5.75 Å². The van der Waals surface area contributed by atoms with Crippen molar-refractivity contribution in [3.05, 3.63) is 130 Å². The first-order valence-electron chi connectivity index (χ1n) is 13.6. The van der Waals surface area contributed by atoms with E-state index in [9.17, 15) is 31.5 Å². The van der Waals surface area contributed by atoms with Crippen LogP contribution in [0.25, 0.3) is 34.5 Å². The fourth-order valence-electron chi connectivity index (χ4n) is 4.59. The van der Waals surface area contributed by atoms with E-state index in [-0.39, 0.29) is 11.3 Å². The van der Waals surface area contributed by atoms with Crippen molar-refractivity contribution in [1.82, 2.24) is 9.55 Å². The molecule has 0 bridgehead atoms. The summed E-state index contributed by atoms with van der Waals surface area (Å²) in [5, 5.41) is 10.2. The highest BCUT2D eigenvalue weighted by molar-refractivity contribution is 7.92. The van der Waals surface area contributed by atoms with E-state index in [0.29, 0.717) is 33.7 Å². The van der Waals surface area contributed by atoms with Gasteiger partial charge in [-0.05, 0) is 70.8 Å². The van der Waals surface area contributed by atoms with Gasteiger partial charge < -0.3 is 9.67 Å². The van der Waals surface area contributed by atoms with Crippen LogP contribution >= 0.6 is 23.2 Å². The highest BCUT2D eigenvalue weighted by atomic mass is 35.5. The van der Waals surface area contributed by atoms with Crippen LogP contribution in [0.4, 0.5) is 18.9 Å². The highest BCUT2D eigenvalue weighted by Gasteiger charge is 2.35. The monoisotopic (exact) mass is 685 g/mol. The predicted octanol–water partition coefficient (Wildman–Crippen LogP) is 8.74. The van der Waals surface area contributed by atoms with Crippen LogP contribution in [0.15, 0.2) is 97.2 Å². The van der Waals surface area contributed by atoms with Gasteiger partial charge in [-0.2, -0.15) is 13.2 Å². The molecule has 0 saturated heterocycles. The molecule has 0 amide bonds. The molecule has 0 radical (unpaired) electrons. The Morgan fingerprint density at radius 3 is 2.11 bits per heavy atom. The Morgan fingerprint density at radius 1 is 0.891 bits per heavy atom. The Balaban J connectivity index is 1.36. The maximum Gasteiger partial charge on any atom is 0.404 e. The maximum atomic E-state index is 12.5. The van der Waals surface area contributed by atoms with Crippen molar-refractivity contribution in [2.75, 3.05) is 10.5 Å². The lowest BCUT2D eigenvalue weighted by Gasteiger charge is -2.11. The lowest BCUT2D eigenvalue weighted by Crippen LogP contribution is -2.27. The van der Waals surface area contributed by atoms with Crippen LogP contribution < -0.4 is 4.72 Å². The van der Waals surface area contributed by atoms with Crippen molar-refractivity contribution in [2.24, 2.45) is 0 Å². The number of nitrogens with zero attached hydrogens (tertiary/aromatic N) is 2. The van der Waals surface area contributed by atoms with Crippen LogP contribution in [0.2, 0.25) is 10.0 Å². The van der Waals surface area contributed by atoms with Gasteiger partial charge >= 0.3 is 12.1 Å². The number of carboxylic acids is 1. The summed E-state index contributed by atoms with van der Waals surface area (Å²) < 4.78 is 64.9. The first kappa shape index (κ1) is 32.8. The smallest absolute Gasteiger partial charge is 0.404 e. The van der Waals surface area contributed by atoms with Crippen LogP contribution in [0, 0.1) is 0 Å². The van der Waals surface area contributed by atoms with Crippen LogP contribution in [0.5, 0.6) is 0 Å². The molecule has 13 heteroatoms. The van der Waals surface area contributed by atoms with Gasteiger partial charge in [-0.1, -0.05) is 77.8 Å². The first-order chi connectivity index (χ1) is 21.7. The highest BCUT2D eigenvalue weighted by Crippen LogP contribution is 2.31. The molecule has 0 aliphatic rings. The molecule has 7 nitrogen and oxygen atoms in total. The van der Waals surface area contributed by atoms with Gasteiger partial charge in [0.1, 0.15) is 5.82 Å². The summed E-state index contributed by atoms with van der Waals surface area (Å²) in [5.74, 6) is -2.35. The molecular formula is C33H24Cl2F3N3O4S. The van der Waals surface area contributed by atoms with Gasteiger partial charge in [-0.15, -0.1) is 0 Å². The van der Waals surface area contributed by atoms with E-state index >= 15 is 0 Å². The SMILES string of the molecule is O=C(O)c1ccc(Cn2cc(-c3ccc(Cl)cc3Cl)nc2/C=C/c2ccc(-c3ccc(NS(=O)(=O)CC(F)(F)F)cc3)cc2)cc1. The van der Waals surface area contributed by atoms with Crippen LogP contribution in [-0.4, -0.2) is 41.0 Å². The molecule has 0 saturated carbocycles. The molecule has 5 aromatic rings. The molecule has 4 aromatic carbocycles. The average molecular weight is 687 g/mol. The lowest BCUT2D eigenvalue weighted by atomic mass is 10.0. The molecule has 0 unspecified atom stereocenters. The number of alkyl halides is 3. The second-order valence-electron chi connectivity index (χ2n) is 10.2. The number of sulfonamides is 1. The fraction of sp³-hybridized carbons (Fsp3) is 0.0909. The normalized spacial score (nSPS) is 12.0.